The van der Waals surface area contributed by atoms with Crippen LogP contribution in [0.5, 0.6) is 0 Å². The zero-order valence-electron chi connectivity index (χ0n) is 28.3. The van der Waals surface area contributed by atoms with Gasteiger partial charge in [-0.25, -0.2) is 4.79 Å². The van der Waals surface area contributed by atoms with Gasteiger partial charge in [0.05, 0.1) is 25.0 Å². The minimum Gasteiger partial charge on any atom is -0.494 e. The quantitative estimate of drug-likeness (QED) is 0.160. The van der Waals surface area contributed by atoms with Crippen LogP contribution in [-0.2, 0) is 33.4 Å². The van der Waals surface area contributed by atoms with Crippen LogP contribution in [0.3, 0.4) is 0 Å². The van der Waals surface area contributed by atoms with E-state index in [0.717, 1.165) is 5.57 Å². The molecule has 254 valence electrons. The van der Waals surface area contributed by atoms with Crippen molar-refractivity contribution in [2.24, 2.45) is 22.7 Å². The van der Waals surface area contributed by atoms with Gasteiger partial charge in [0.1, 0.15) is 18.4 Å². The molecule has 2 bridgehead atoms. The number of hydrogen-bond donors (Lipinski definition) is 3. The Kier molecular flexibility index (Phi) is 15.1. The molecule has 0 aromatic heterocycles. The Labute approximate surface area is 271 Å². The number of Topliss-reactive ketones (excluding diaryl/α,β-unsaturated/α-hetero) is 1. The molecule has 0 aromatic rings. The number of primary amides is 1. The Bertz CT molecular complexity index is 1330. The van der Waals surface area contributed by atoms with Crippen LogP contribution in [0.2, 0.25) is 0 Å². The molecule has 0 unspecified atom stereocenters. The third-order valence-corrected chi connectivity index (χ3v) is 7.69. The molecule has 2 amide bonds. The fourth-order valence-corrected chi connectivity index (χ4v) is 5.18. The molecule has 1 aliphatic carbocycles. The summed E-state index contributed by atoms with van der Waals surface area (Å²) in [6.45, 7) is 11.2. The number of methoxy groups -OCH3 is 3. The van der Waals surface area contributed by atoms with Gasteiger partial charge in [0.25, 0.3) is 5.91 Å². The fraction of sp³-hybridized carbons (Fsp3) is 0.529. The van der Waals surface area contributed by atoms with Gasteiger partial charge in [0.15, 0.2) is 11.9 Å². The van der Waals surface area contributed by atoms with E-state index in [2.05, 4.69) is 10.5 Å². The Balaban J connectivity index is 2.67. The van der Waals surface area contributed by atoms with Crippen LogP contribution < -0.4 is 11.1 Å². The van der Waals surface area contributed by atoms with Crippen molar-refractivity contribution in [3.8, 4) is 0 Å². The number of aliphatic hydroxyl groups excluding tert-OH is 1. The molecule has 4 N–H and O–H groups in total. The standard InChI is InChI=1S/C34H49N3O9/c1-19(2)13-14-45-37-26-18-25-30(39)24(32(26)44-9)15-20(3)16-28(43-8)29(38)22(5)17-23(6)31(46-34(35)41)27(42-7)12-10-11-21(4)33(40)36-25/h10-13,17-18,20,22,27-29,31,38H,14-16H2,1-9H3,(H2,35,41)(H,36,40)/b12-10-,21-11+,23-17+,37-26+/t20-,22+,27+,28+,29-,31+/m1/s1. The number of nitrogens with one attached hydrogen (secondary N) is 1. The highest BCUT2D eigenvalue weighted by molar-refractivity contribution is 6.24. The van der Waals surface area contributed by atoms with Crippen molar-refractivity contribution >= 4 is 23.5 Å². The first-order valence-electron chi connectivity index (χ1n) is 15.2. The molecule has 0 spiro atoms. The van der Waals surface area contributed by atoms with E-state index >= 15 is 0 Å². The Morgan fingerprint density at radius 1 is 1.15 bits per heavy atom. The second-order valence-electron chi connectivity index (χ2n) is 11.8. The van der Waals surface area contributed by atoms with Crippen molar-refractivity contribution in [1.29, 1.82) is 0 Å². The molecule has 0 radical (unpaired) electrons. The van der Waals surface area contributed by atoms with E-state index < -0.39 is 48.1 Å². The van der Waals surface area contributed by atoms with Crippen LogP contribution >= 0.6 is 0 Å². The average Bonchev–Trinajstić information content (AvgIpc) is 3.00. The Hall–Kier alpha value is -4.00. The molecule has 46 heavy (non-hydrogen) atoms. The largest absolute Gasteiger partial charge is 0.494 e. The molecule has 12 heteroatoms. The molecule has 12 nitrogen and oxygen atoms in total. The van der Waals surface area contributed by atoms with Crippen LogP contribution in [0.25, 0.3) is 0 Å². The number of fused-ring (bicyclic) bond motifs is 2. The van der Waals surface area contributed by atoms with Gasteiger partial charge in [-0.1, -0.05) is 48.9 Å². The Morgan fingerprint density at radius 2 is 1.85 bits per heavy atom. The summed E-state index contributed by atoms with van der Waals surface area (Å²) in [7, 11) is 4.40. The van der Waals surface area contributed by atoms with Crippen LogP contribution in [0, 0.1) is 11.8 Å². The number of aliphatic hydroxyl groups is 1. The highest BCUT2D eigenvalue weighted by atomic mass is 16.6. The zero-order chi connectivity index (χ0) is 34.6. The molecule has 6 atom stereocenters. The summed E-state index contributed by atoms with van der Waals surface area (Å²) in [6.07, 6.45) is 6.17. The third-order valence-electron chi connectivity index (χ3n) is 7.69. The molecular weight excluding hydrogens is 594 g/mol. The van der Waals surface area contributed by atoms with E-state index in [1.54, 1.807) is 32.1 Å². The van der Waals surface area contributed by atoms with Gasteiger partial charge in [-0.15, -0.1) is 0 Å². The predicted octanol–water partition coefficient (Wildman–Crippen LogP) is 4.18. The third kappa shape index (κ3) is 10.8. The van der Waals surface area contributed by atoms with Crippen molar-refractivity contribution < 1.29 is 43.3 Å². The number of hydrogen-bond acceptors (Lipinski definition) is 10. The first kappa shape index (κ1) is 38.2. The molecule has 2 aliphatic rings. The van der Waals surface area contributed by atoms with Crippen LogP contribution in [0.15, 0.2) is 75.4 Å². The minimum absolute atomic E-state index is 0.00803. The number of nitrogens with two attached hydrogens (primary N) is 1. The maximum atomic E-state index is 13.8. The molecule has 0 saturated heterocycles. The van der Waals surface area contributed by atoms with Crippen LogP contribution in [0.4, 0.5) is 4.79 Å². The SMILES string of the molecule is COC1=C2C[C@@H](C)C[C@H](OC)[C@H](O)[C@@H](C)/C=C(\C)[C@H](OC(N)=O)[C@@H](OC)/C=C\C=C(/C)C(=O)NC(=C/C1=N\OCC=C(C)C)C2=O. The average molecular weight is 644 g/mol. The van der Waals surface area contributed by atoms with Crippen molar-refractivity contribution in [1.82, 2.24) is 5.32 Å². The van der Waals surface area contributed by atoms with E-state index in [0.29, 0.717) is 17.6 Å². The van der Waals surface area contributed by atoms with Gasteiger partial charge in [-0.05, 0) is 64.2 Å². The van der Waals surface area contributed by atoms with Crippen molar-refractivity contribution in [2.45, 2.75) is 78.8 Å². The normalized spacial score (nSPS) is 30.7. The number of oxime groups is 1. The van der Waals surface area contributed by atoms with E-state index in [-0.39, 0.29) is 41.7 Å². The van der Waals surface area contributed by atoms with Gasteiger partial charge in [0, 0.05) is 31.3 Å². The summed E-state index contributed by atoms with van der Waals surface area (Å²) in [5.41, 5.74) is 7.86. The fourth-order valence-electron chi connectivity index (χ4n) is 5.18. The highest BCUT2D eigenvalue weighted by Gasteiger charge is 2.33. The second kappa shape index (κ2) is 18.2. The van der Waals surface area contributed by atoms with Gasteiger partial charge in [-0.2, -0.15) is 0 Å². The molecular formula is C34H49N3O9. The number of amides is 2. The van der Waals surface area contributed by atoms with Crippen LogP contribution in [0.1, 0.15) is 54.4 Å². The van der Waals surface area contributed by atoms with Gasteiger partial charge in [0.2, 0.25) is 5.78 Å². The smallest absolute Gasteiger partial charge is 0.405 e. The van der Waals surface area contributed by atoms with E-state index in [9.17, 15) is 19.5 Å². The highest BCUT2D eigenvalue weighted by Crippen LogP contribution is 2.30. The van der Waals surface area contributed by atoms with E-state index in [1.807, 2.05) is 33.8 Å². The number of carbonyl (C=O) groups excluding carboxylic acids is 3. The Morgan fingerprint density at radius 3 is 2.43 bits per heavy atom. The maximum Gasteiger partial charge on any atom is 0.405 e. The zero-order valence-corrected chi connectivity index (χ0v) is 28.3. The topological polar surface area (TPSA) is 168 Å². The van der Waals surface area contributed by atoms with E-state index in [1.165, 1.54) is 33.5 Å². The van der Waals surface area contributed by atoms with Crippen molar-refractivity contribution in [2.75, 3.05) is 27.9 Å². The van der Waals surface area contributed by atoms with Crippen molar-refractivity contribution in [3.63, 3.8) is 0 Å². The molecule has 2 rings (SSSR count). The maximum absolute atomic E-state index is 13.8. The molecule has 0 saturated carbocycles. The van der Waals surface area contributed by atoms with Crippen LogP contribution in [-0.4, -0.2) is 81.0 Å². The number of nitrogens with zero attached hydrogens (tertiary/aromatic N) is 1. The summed E-state index contributed by atoms with van der Waals surface area (Å²) < 4.78 is 22.4. The lowest BCUT2D eigenvalue weighted by Gasteiger charge is -2.30. The lowest BCUT2D eigenvalue weighted by atomic mass is 9.85. The number of ether oxygens (including phenoxy) is 4. The summed E-state index contributed by atoms with van der Waals surface area (Å²) in [6, 6.07) is 0. The summed E-state index contributed by atoms with van der Waals surface area (Å²) in [5, 5.41) is 18.2. The van der Waals surface area contributed by atoms with Gasteiger partial charge in [-0.3, -0.25) is 9.59 Å². The molecule has 0 aromatic carbocycles. The molecule has 1 aliphatic heterocycles. The summed E-state index contributed by atoms with van der Waals surface area (Å²) in [4.78, 5) is 44.3. The number of allylic oxidation sites excluding steroid dienone is 5. The summed E-state index contributed by atoms with van der Waals surface area (Å²) >= 11 is 0. The minimum atomic E-state index is -0.992. The number of ketones is 1. The number of rotatable bonds is 7. The lowest BCUT2D eigenvalue weighted by molar-refractivity contribution is -0.119. The first-order valence-corrected chi connectivity index (χ1v) is 15.2. The monoisotopic (exact) mass is 643 g/mol. The summed E-state index contributed by atoms with van der Waals surface area (Å²) in [5.74, 6) is -1.32. The first-order chi connectivity index (χ1) is 21.7. The van der Waals surface area contributed by atoms with E-state index in [4.69, 9.17) is 29.5 Å². The molecule has 1 heterocycles. The molecule has 0 fully saturated rings. The van der Waals surface area contributed by atoms with Gasteiger partial charge < -0.3 is 39.9 Å². The van der Waals surface area contributed by atoms with Crippen molar-refractivity contribution in [3.05, 3.63) is 70.2 Å². The second-order valence-corrected chi connectivity index (χ2v) is 11.8. The van der Waals surface area contributed by atoms with Gasteiger partial charge >= 0.3 is 6.09 Å². The number of carbonyl (C=O) groups is 3. The lowest BCUT2D eigenvalue weighted by Crippen LogP contribution is -2.37. The predicted molar refractivity (Wildman–Crippen MR) is 174 cm³/mol.